The Morgan fingerprint density at radius 1 is 1.18 bits per heavy atom. The Labute approximate surface area is 128 Å². The lowest BCUT2D eigenvalue weighted by Gasteiger charge is -2.06. The highest BCUT2D eigenvalue weighted by Gasteiger charge is 2.17. The average molecular weight is 290 g/mol. The summed E-state index contributed by atoms with van der Waals surface area (Å²) in [5.41, 5.74) is 2.88. The Balaban J connectivity index is 2.21. The van der Waals surface area contributed by atoms with E-state index in [1.165, 1.54) is 7.11 Å². The summed E-state index contributed by atoms with van der Waals surface area (Å²) in [5.74, 6) is -0.396. The van der Waals surface area contributed by atoms with Gasteiger partial charge in [-0.05, 0) is 11.6 Å². The van der Waals surface area contributed by atoms with Crippen LogP contribution in [-0.4, -0.2) is 17.6 Å². The van der Waals surface area contributed by atoms with Crippen LogP contribution in [0.2, 0.25) is 0 Å². The van der Waals surface area contributed by atoms with Gasteiger partial charge in [0.25, 0.3) is 0 Å². The molecule has 22 heavy (non-hydrogen) atoms. The van der Waals surface area contributed by atoms with Crippen LogP contribution in [0.5, 0.6) is 0 Å². The van der Waals surface area contributed by atoms with Crippen LogP contribution in [0, 0.1) is 11.3 Å². The molecule has 108 valence electrons. The first-order chi connectivity index (χ1) is 10.7. The molecule has 0 aliphatic rings. The van der Waals surface area contributed by atoms with E-state index >= 15 is 0 Å². The van der Waals surface area contributed by atoms with E-state index < -0.39 is 5.97 Å². The SMILES string of the molecule is COC(=O)c1cn(Cc2ccccc2)c2c(C#N)cccc12. The highest BCUT2D eigenvalue weighted by Crippen LogP contribution is 2.26. The summed E-state index contributed by atoms with van der Waals surface area (Å²) in [6, 6.07) is 17.5. The molecular weight excluding hydrogens is 276 g/mol. The summed E-state index contributed by atoms with van der Waals surface area (Å²) < 4.78 is 6.77. The summed E-state index contributed by atoms with van der Waals surface area (Å²) >= 11 is 0. The lowest BCUT2D eigenvalue weighted by Crippen LogP contribution is -2.01. The van der Waals surface area contributed by atoms with Gasteiger partial charge in [0.15, 0.2) is 0 Å². The zero-order valence-corrected chi connectivity index (χ0v) is 12.1. The Morgan fingerprint density at radius 3 is 2.64 bits per heavy atom. The second-order valence-corrected chi connectivity index (χ2v) is 4.96. The molecule has 4 heteroatoms. The number of nitriles is 1. The van der Waals surface area contributed by atoms with E-state index in [4.69, 9.17) is 4.74 Å². The molecule has 2 aromatic carbocycles. The maximum absolute atomic E-state index is 12.0. The van der Waals surface area contributed by atoms with Gasteiger partial charge in [-0.25, -0.2) is 4.79 Å². The van der Waals surface area contributed by atoms with Crippen molar-refractivity contribution in [2.45, 2.75) is 6.54 Å². The summed E-state index contributed by atoms with van der Waals surface area (Å²) in [4.78, 5) is 12.0. The van der Waals surface area contributed by atoms with Gasteiger partial charge in [-0.15, -0.1) is 0 Å². The summed E-state index contributed by atoms with van der Waals surface area (Å²) in [6.07, 6.45) is 1.75. The predicted octanol–water partition coefficient (Wildman–Crippen LogP) is 3.35. The summed E-state index contributed by atoms with van der Waals surface area (Å²) in [6.45, 7) is 0.590. The van der Waals surface area contributed by atoms with Crippen LogP contribution in [0.3, 0.4) is 0 Å². The van der Waals surface area contributed by atoms with Crippen molar-refractivity contribution < 1.29 is 9.53 Å². The van der Waals surface area contributed by atoms with Crippen LogP contribution in [0.4, 0.5) is 0 Å². The molecule has 0 fully saturated rings. The lowest BCUT2D eigenvalue weighted by molar-refractivity contribution is 0.0602. The number of carbonyl (C=O) groups excluding carboxylic acids is 1. The third-order valence-corrected chi connectivity index (χ3v) is 3.62. The van der Waals surface area contributed by atoms with Crippen molar-refractivity contribution in [1.82, 2.24) is 4.57 Å². The van der Waals surface area contributed by atoms with Gasteiger partial charge < -0.3 is 9.30 Å². The smallest absolute Gasteiger partial charge is 0.340 e. The number of rotatable bonds is 3. The zero-order valence-electron chi connectivity index (χ0n) is 12.1. The van der Waals surface area contributed by atoms with Crippen molar-refractivity contribution in [2.24, 2.45) is 0 Å². The van der Waals surface area contributed by atoms with E-state index in [0.29, 0.717) is 17.7 Å². The van der Waals surface area contributed by atoms with Crippen LogP contribution < -0.4 is 0 Å². The minimum absolute atomic E-state index is 0.396. The molecule has 1 heterocycles. The van der Waals surface area contributed by atoms with Crippen molar-refractivity contribution >= 4 is 16.9 Å². The van der Waals surface area contributed by atoms with Gasteiger partial charge in [-0.3, -0.25) is 0 Å². The van der Waals surface area contributed by atoms with Gasteiger partial charge >= 0.3 is 5.97 Å². The molecule has 0 N–H and O–H groups in total. The Hall–Kier alpha value is -3.06. The van der Waals surface area contributed by atoms with Crippen LogP contribution in [-0.2, 0) is 11.3 Å². The molecular formula is C18H14N2O2. The van der Waals surface area contributed by atoms with Crippen LogP contribution in [0.1, 0.15) is 21.5 Å². The number of hydrogen-bond donors (Lipinski definition) is 0. The minimum atomic E-state index is -0.396. The number of aromatic nitrogens is 1. The van der Waals surface area contributed by atoms with Gasteiger partial charge in [0.05, 0.1) is 23.8 Å². The van der Waals surface area contributed by atoms with Crippen molar-refractivity contribution in [2.75, 3.05) is 7.11 Å². The number of methoxy groups -OCH3 is 1. The van der Waals surface area contributed by atoms with Crippen molar-refractivity contribution in [1.29, 1.82) is 5.26 Å². The molecule has 0 amide bonds. The van der Waals surface area contributed by atoms with Gasteiger partial charge in [-0.1, -0.05) is 42.5 Å². The topological polar surface area (TPSA) is 55.0 Å². The number of carbonyl (C=O) groups is 1. The molecule has 0 saturated heterocycles. The number of hydrogen-bond acceptors (Lipinski definition) is 3. The minimum Gasteiger partial charge on any atom is -0.465 e. The van der Waals surface area contributed by atoms with Crippen LogP contribution in [0.15, 0.2) is 54.7 Å². The Bertz CT molecular complexity index is 873. The van der Waals surface area contributed by atoms with E-state index in [2.05, 4.69) is 6.07 Å². The molecule has 4 nitrogen and oxygen atoms in total. The highest BCUT2D eigenvalue weighted by molar-refractivity contribution is 6.05. The fourth-order valence-electron chi connectivity index (χ4n) is 2.63. The maximum Gasteiger partial charge on any atom is 0.340 e. The first kappa shape index (κ1) is 13.9. The third kappa shape index (κ3) is 2.33. The number of fused-ring (bicyclic) bond motifs is 1. The lowest BCUT2D eigenvalue weighted by atomic mass is 10.1. The van der Waals surface area contributed by atoms with E-state index in [9.17, 15) is 10.1 Å². The van der Waals surface area contributed by atoms with Gasteiger partial charge in [0.2, 0.25) is 0 Å². The monoisotopic (exact) mass is 290 g/mol. The van der Waals surface area contributed by atoms with Crippen LogP contribution >= 0.6 is 0 Å². The maximum atomic E-state index is 12.0. The third-order valence-electron chi connectivity index (χ3n) is 3.62. The second kappa shape index (κ2) is 5.74. The summed E-state index contributed by atoms with van der Waals surface area (Å²) in [7, 11) is 1.36. The average Bonchev–Trinajstić information content (AvgIpc) is 2.94. The number of para-hydroxylation sites is 1. The van der Waals surface area contributed by atoms with Crippen molar-refractivity contribution in [3.8, 4) is 6.07 Å². The predicted molar refractivity (Wildman–Crippen MR) is 83.5 cm³/mol. The molecule has 3 rings (SSSR count). The molecule has 0 spiro atoms. The Morgan fingerprint density at radius 2 is 1.95 bits per heavy atom. The number of benzene rings is 2. The summed E-state index contributed by atoms with van der Waals surface area (Å²) in [5, 5.41) is 10.1. The first-order valence-electron chi connectivity index (χ1n) is 6.89. The molecule has 0 atom stereocenters. The zero-order chi connectivity index (χ0) is 15.5. The molecule has 0 saturated carbocycles. The van der Waals surface area contributed by atoms with Gasteiger partial charge in [0.1, 0.15) is 6.07 Å². The molecule has 1 aromatic heterocycles. The fraction of sp³-hybridized carbons (Fsp3) is 0.111. The number of ether oxygens (including phenoxy) is 1. The molecule has 0 radical (unpaired) electrons. The molecule has 3 aromatic rings. The quantitative estimate of drug-likeness (QED) is 0.695. The molecule has 0 unspecified atom stereocenters. The van der Waals surface area contributed by atoms with E-state index in [-0.39, 0.29) is 0 Å². The van der Waals surface area contributed by atoms with Crippen molar-refractivity contribution in [3.05, 3.63) is 71.4 Å². The fourth-order valence-corrected chi connectivity index (χ4v) is 2.63. The Kier molecular flexibility index (Phi) is 3.63. The second-order valence-electron chi connectivity index (χ2n) is 4.96. The van der Waals surface area contributed by atoms with E-state index in [1.54, 1.807) is 18.3 Å². The molecule has 0 bridgehead atoms. The highest BCUT2D eigenvalue weighted by atomic mass is 16.5. The standard InChI is InChI=1S/C18H14N2O2/c1-22-18(21)16-12-20(11-13-6-3-2-4-7-13)17-14(10-19)8-5-9-15(16)17/h2-9,12H,11H2,1H3. The van der Waals surface area contributed by atoms with Gasteiger partial charge in [0, 0.05) is 18.1 Å². The number of nitrogens with zero attached hydrogens (tertiary/aromatic N) is 2. The molecule has 0 aliphatic carbocycles. The van der Waals surface area contributed by atoms with E-state index in [0.717, 1.165) is 16.5 Å². The first-order valence-corrected chi connectivity index (χ1v) is 6.89. The van der Waals surface area contributed by atoms with Crippen LogP contribution in [0.25, 0.3) is 10.9 Å². The van der Waals surface area contributed by atoms with E-state index in [1.807, 2.05) is 41.0 Å². The normalized spacial score (nSPS) is 10.4. The molecule has 0 aliphatic heterocycles. The van der Waals surface area contributed by atoms with Crippen molar-refractivity contribution in [3.63, 3.8) is 0 Å². The van der Waals surface area contributed by atoms with Gasteiger partial charge in [-0.2, -0.15) is 5.26 Å². The largest absolute Gasteiger partial charge is 0.465 e. The number of esters is 1.